The summed E-state index contributed by atoms with van der Waals surface area (Å²) in [6, 6.07) is 4.38. The zero-order valence-electron chi connectivity index (χ0n) is 18.1. The van der Waals surface area contributed by atoms with Crippen molar-refractivity contribution in [2.75, 3.05) is 19.5 Å². The summed E-state index contributed by atoms with van der Waals surface area (Å²) in [6.45, 7) is 1.53. The van der Waals surface area contributed by atoms with Crippen LogP contribution in [0.2, 0.25) is 0 Å². The lowest BCUT2D eigenvalue weighted by molar-refractivity contribution is -0.148. The molecule has 2 N–H and O–H groups in total. The molecule has 0 aliphatic heterocycles. The molecule has 0 unspecified atom stereocenters. The minimum atomic E-state index is -0.610. The van der Waals surface area contributed by atoms with Crippen LogP contribution in [0.25, 0.3) is 0 Å². The average molecular weight is 428 g/mol. The van der Waals surface area contributed by atoms with E-state index in [1.807, 2.05) is 0 Å². The maximum absolute atomic E-state index is 13.5. The standard InChI is InChI=1S/C23H28N2O6/c1-13(26)25-23-10-14-4-15(11-23)9-22(8-14,12-23)21(29)24-18-6-16(19(27)30-2)5-17(7-18)20(28)31-3/h5-7,14-15H,4,8-12H2,1-3H3,(H,24,29)(H,25,26)/t14-,15-,22?,23?/m0/s1. The van der Waals surface area contributed by atoms with Crippen LogP contribution in [0.1, 0.15) is 66.2 Å². The number of hydrogen-bond donors (Lipinski definition) is 2. The second kappa shape index (κ2) is 7.66. The second-order valence-electron chi connectivity index (χ2n) is 9.44. The fraction of sp³-hybridized carbons (Fsp3) is 0.565. The molecular formula is C23H28N2O6. The molecule has 8 nitrogen and oxygen atoms in total. The van der Waals surface area contributed by atoms with Gasteiger partial charge in [0, 0.05) is 18.2 Å². The number of hydrogen-bond acceptors (Lipinski definition) is 6. The smallest absolute Gasteiger partial charge is 0.337 e. The van der Waals surface area contributed by atoms with Crippen molar-refractivity contribution < 1.29 is 28.7 Å². The van der Waals surface area contributed by atoms with Gasteiger partial charge in [-0.2, -0.15) is 0 Å². The molecule has 1 aromatic rings. The molecule has 31 heavy (non-hydrogen) atoms. The van der Waals surface area contributed by atoms with Gasteiger partial charge in [0.1, 0.15) is 0 Å². The first-order valence-corrected chi connectivity index (χ1v) is 10.6. The summed E-state index contributed by atoms with van der Waals surface area (Å²) < 4.78 is 9.54. The van der Waals surface area contributed by atoms with Crippen molar-refractivity contribution in [3.8, 4) is 0 Å². The van der Waals surface area contributed by atoms with Crippen LogP contribution in [0.5, 0.6) is 0 Å². The van der Waals surface area contributed by atoms with E-state index in [1.54, 1.807) is 0 Å². The van der Waals surface area contributed by atoms with E-state index in [1.165, 1.54) is 39.3 Å². The van der Waals surface area contributed by atoms with Crippen molar-refractivity contribution in [1.29, 1.82) is 0 Å². The Hall–Kier alpha value is -2.90. The van der Waals surface area contributed by atoms with E-state index in [2.05, 4.69) is 10.6 Å². The predicted molar refractivity (Wildman–Crippen MR) is 111 cm³/mol. The van der Waals surface area contributed by atoms with Crippen LogP contribution in [-0.4, -0.2) is 43.5 Å². The molecular weight excluding hydrogens is 400 g/mol. The van der Waals surface area contributed by atoms with E-state index in [9.17, 15) is 19.2 Å². The number of carbonyl (C=O) groups excluding carboxylic acids is 4. The quantitative estimate of drug-likeness (QED) is 0.698. The largest absolute Gasteiger partial charge is 0.465 e. The Labute approximate surface area is 181 Å². The molecule has 4 aliphatic carbocycles. The van der Waals surface area contributed by atoms with E-state index in [4.69, 9.17) is 9.47 Å². The Balaban J connectivity index is 1.63. The predicted octanol–water partition coefficient (Wildman–Crippen LogP) is 2.67. The molecule has 1 aromatic carbocycles. The van der Waals surface area contributed by atoms with Gasteiger partial charge in [-0.05, 0) is 68.6 Å². The Morgan fingerprint density at radius 2 is 1.45 bits per heavy atom. The fourth-order valence-corrected chi connectivity index (χ4v) is 6.48. The first-order chi connectivity index (χ1) is 14.7. The number of amides is 2. The molecule has 166 valence electrons. The van der Waals surface area contributed by atoms with Gasteiger partial charge in [-0.1, -0.05) is 0 Å². The fourth-order valence-electron chi connectivity index (χ4n) is 6.48. The van der Waals surface area contributed by atoms with E-state index in [0.29, 0.717) is 23.9 Å². The molecule has 2 amide bonds. The molecule has 4 aliphatic rings. The van der Waals surface area contributed by atoms with E-state index >= 15 is 0 Å². The first-order valence-electron chi connectivity index (χ1n) is 10.6. The number of carbonyl (C=O) groups is 4. The minimum absolute atomic E-state index is 0.0639. The third-order valence-electron chi connectivity index (χ3n) is 7.02. The maximum Gasteiger partial charge on any atom is 0.337 e. The first kappa shape index (κ1) is 21.3. The number of rotatable bonds is 5. The summed E-state index contributed by atoms with van der Waals surface area (Å²) >= 11 is 0. The molecule has 2 atom stereocenters. The number of nitrogens with one attached hydrogen (secondary N) is 2. The molecule has 4 fully saturated rings. The topological polar surface area (TPSA) is 111 Å². The zero-order chi connectivity index (χ0) is 22.4. The zero-order valence-corrected chi connectivity index (χ0v) is 18.1. The molecule has 8 heteroatoms. The van der Waals surface area contributed by atoms with Crippen LogP contribution in [0.3, 0.4) is 0 Å². The SMILES string of the molecule is COC(=O)c1cc(NC(=O)C23C[C@@H]4C[C@H](CC(NC(C)=O)(C4)C2)C3)cc(C(=O)OC)c1. The molecule has 4 bridgehead atoms. The van der Waals surface area contributed by atoms with Gasteiger partial charge in [0.2, 0.25) is 11.8 Å². The van der Waals surface area contributed by atoms with Gasteiger partial charge >= 0.3 is 11.9 Å². The van der Waals surface area contributed by atoms with Crippen LogP contribution >= 0.6 is 0 Å². The Kier molecular flexibility index (Phi) is 5.27. The molecule has 0 heterocycles. The number of benzene rings is 1. The summed E-state index contributed by atoms with van der Waals surface area (Å²) in [5.74, 6) is -0.599. The highest BCUT2D eigenvalue weighted by atomic mass is 16.5. The monoisotopic (exact) mass is 428 g/mol. The van der Waals surface area contributed by atoms with Gasteiger partial charge < -0.3 is 20.1 Å². The van der Waals surface area contributed by atoms with Crippen LogP contribution in [-0.2, 0) is 19.1 Å². The van der Waals surface area contributed by atoms with Gasteiger partial charge in [0.25, 0.3) is 0 Å². The maximum atomic E-state index is 13.5. The number of esters is 2. The third-order valence-corrected chi connectivity index (χ3v) is 7.02. The molecule has 0 radical (unpaired) electrons. The van der Waals surface area contributed by atoms with Gasteiger partial charge in [0.05, 0.1) is 30.8 Å². The summed E-state index contributed by atoms with van der Waals surface area (Å²) in [6.07, 6.45) is 5.12. The van der Waals surface area contributed by atoms with Crippen LogP contribution in [0.15, 0.2) is 18.2 Å². The van der Waals surface area contributed by atoms with E-state index in [-0.39, 0.29) is 28.5 Å². The summed E-state index contributed by atoms with van der Waals surface area (Å²) in [4.78, 5) is 49.5. The lowest BCUT2D eigenvalue weighted by Crippen LogP contribution is -2.65. The van der Waals surface area contributed by atoms with Crippen LogP contribution < -0.4 is 10.6 Å². The summed E-state index contributed by atoms with van der Waals surface area (Å²) in [5, 5.41) is 6.09. The molecule has 0 saturated heterocycles. The molecule has 0 spiro atoms. The number of ether oxygens (including phenoxy) is 2. The summed E-state index contributed by atoms with van der Waals surface area (Å²) in [5.41, 5.74) is -0.239. The average Bonchev–Trinajstić information content (AvgIpc) is 2.70. The van der Waals surface area contributed by atoms with Crippen LogP contribution in [0, 0.1) is 17.3 Å². The molecule has 5 rings (SSSR count). The number of methoxy groups -OCH3 is 2. The van der Waals surface area contributed by atoms with Gasteiger partial charge in [-0.15, -0.1) is 0 Å². The van der Waals surface area contributed by atoms with Gasteiger partial charge in [-0.3, -0.25) is 9.59 Å². The lowest BCUT2D eigenvalue weighted by Gasteiger charge is -2.61. The number of anilines is 1. The van der Waals surface area contributed by atoms with Crippen molar-refractivity contribution in [3.05, 3.63) is 29.3 Å². The highest BCUT2D eigenvalue weighted by molar-refractivity contribution is 6.01. The second-order valence-corrected chi connectivity index (χ2v) is 9.44. The van der Waals surface area contributed by atoms with Crippen molar-refractivity contribution in [2.45, 2.75) is 51.0 Å². The normalized spacial score (nSPS) is 30.4. The Morgan fingerprint density at radius 1 is 0.903 bits per heavy atom. The third kappa shape index (κ3) is 3.91. The highest BCUT2D eigenvalue weighted by Crippen LogP contribution is 2.61. The Morgan fingerprint density at radius 3 is 1.94 bits per heavy atom. The molecule has 0 aromatic heterocycles. The molecule has 4 saturated carbocycles. The van der Waals surface area contributed by atoms with Crippen molar-refractivity contribution in [3.63, 3.8) is 0 Å². The lowest BCUT2D eigenvalue weighted by atomic mass is 9.46. The van der Waals surface area contributed by atoms with Crippen molar-refractivity contribution in [2.24, 2.45) is 17.3 Å². The Bertz CT molecular complexity index is 907. The van der Waals surface area contributed by atoms with E-state index in [0.717, 1.165) is 32.1 Å². The van der Waals surface area contributed by atoms with Crippen molar-refractivity contribution >= 4 is 29.4 Å². The van der Waals surface area contributed by atoms with Crippen molar-refractivity contribution in [1.82, 2.24) is 5.32 Å². The van der Waals surface area contributed by atoms with E-state index < -0.39 is 17.4 Å². The van der Waals surface area contributed by atoms with Gasteiger partial charge in [-0.25, -0.2) is 9.59 Å². The van der Waals surface area contributed by atoms with Crippen LogP contribution in [0.4, 0.5) is 5.69 Å². The summed E-state index contributed by atoms with van der Waals surface area (Å²) in [7, 11) is 2.50. The van der Waals surface area contributed by atoms with Gasteiger partial charge in [0.15, 0.2) is 0 Å². The highest BCUT2D eigenvalue weighted by Gasteiger charge is 2.60. The minimum Gasteiger partial charge on any atom is -0.465 e.